The quantitative estimate of drug-likeness (QED) is 0.641. The van der Waals surface area contributed by atoms with Crippen molar-refractivity contribution in [3.05, 3.63) is 35.9 Å². The highest BCUT2D eigenvalue weighted by Gasteiger charge is 2.77. The highest BCUT2D eigenvalue weighted by molar-refractivity contribution is 6.03. The first-order chi connectivity index (χ1) is 11.3. The lowest BCUT2D eigenvalue weighted by molar-refractivity contribution is -0.313. The van der Waals surface area contributed by atoms with Crippen LogP contribution in [0.25, 0.3) is 0 Å². The Morgan fingerprint density at radius 2 is 1.24 bits per heavy atom. The van der Waals surface area contributed by atoms with Crippen molar-refractivity contribution in [2.24, 2.45) is 5.92 Å². The molecule has 1 N–H and O–H groups in total. The molecule has 0 saturated carbocycles. The van der Waals surface area contributed by atoms with E-state index in [9.17, 15) is 40.7 Å². The van der Waals surface area contributed by atoms with Gasteiger partial charge >= 0.3 is 12.4 Å². The van der Waals surface area contributed by atoms with Crippen molar-refractivity contribution in [1.82, 2.24) is 5.32 Å². The number of carbonyl (C=O) groups excluding carboxylic acids is 3. The van der Waals surface area contributed by atoms with E-state index in [1.807, 2.05) is 0 Å². The number of amides is 1. The lowest BCUT2D eigenvalue weighted by Gasteiger charge is -2.41. The molecule has 25 heavy (non-hydrogen) atoms. The highest BCUT2D eigenvalue weighted by Crippen LogP contribution is 2.48. The number of carbonyl (C=O) groups is 3. The van der Waals surface area contributed by atoms with Gasteiger partial charge in [0.05, 0.1) is 0 Å². The second kappa shape index (κ2) is 6.85. The van der Waals surface area contributed by atoms with E-state index in [0.717, 1.165) is 17.4 Å². The van der Waals surface area contributed by atoms with E-state index in [2.05, 4.69) is 0 Å². The van der Waals surface area contributed by atoms with Gasteiger partial charge in [0.2, 0.25) is 5.54 Å². The smallest absolute Gasteiger partial charge is 0.329 e. The van der Waals surface area contributed by atoms with Gasteiger partial charge in [0, 0.05) is 5.56 Å². The number of hydrogen-bond acceptors (Lipinski definition) is 3. The average molecular weight is 369 g/mol. The number of nitrogens with one attached hydrogen (secondary N) is 1. The maximum atomic E-state index is 13.5. The highest BCUT2D eigenvalue weighted by atomic mass is 19.4. The summed E-state index contributed by atoms with van der Waals surface area (Å²) in [7, 11) is 0. The van der Waals surface area contributed by atoms with Crippen LogP contribution < -0.4 is 5.32 Å². The molecule has 1 rings (SSSR count). The van der Waals surface area contributed by atoms with Crippen molar-refractivity contribution in [3.63, 3.8) is 0 Å². The predicted octanol–water partition coefficient (Wildman–Crippen LogP) is 3.07. The van der Waals surface area contributed by atoms with Crippen LogP contribution in [0.3, 0.4) is 0 Å². The van der Waals surface area contributed by atoms with E-state index in [0.29, 0.717) is 13.8 Å². The Kier molecular flexibility index (Phi) is 5.66. The summed E-state index contributed by atoms with van der Waals surface area (Å²) in [6.07, 6.45) is -12.3. The third kappa shape index (κ3) is 3.83. The van der Waals surface area contributed by atoms with Gasteiger partial charge in [0.1, 0.15) is 17.5 Å². The van der Waals surface area contributed by atoms with Crippen LogP contribution in [0.5, 0.6) is 0 Å². The lowest BCUT2D eigenvalue weighted by Crippen LogP contribution is -2.73. The molecular weight excluding hydrogens is 356 g/mol. The van der Waals surface area contributed by atoms with Gasteiger partial charge in [-0.05, 0) is 26.0 Å². The van der Waals surface area contributed by atoms with Crippen molar-refractivity contribution in [2.75, 3.05) is 0 Å². The molecular formula is C15H13F6NO3. The molecule has 0 fully saturated rings. The molecule has 0 unspecified atom stereocenters. The van der Waals surface area contributed by atoms with E-state index in [1.165, 1.54) is 18.2 Å². The van der Waals surface area contributed by atoms with Crippen LogP contribution in [-0.4, -0.2) is 35.4 Å². The zero-order valence-corrected chi connectivity index (χ0v) is 13.0. The number of alkyl halides is 6. The molecule has 138 valence electrons. The van der Waals surface area contributed by atoms with Gasteiger partial charge in [-0.25, -0.2) is 0 Å². The first kappa shape index (κ1) is 20.7. The number of Topliss-reactive ketones (excluding diaryl/α,β-unsaturated/α-hetero) is 2. The molecule has 10 heteroatoms. The summed E-state index contributed by atoms with van der Waals surface area (Å²) in [5.41, 5.74) is -5.53. The summed E-state index contributed by atoms with van der Waals surface area (Å²) < 4.78 is 80.9. The molecule has 0 bridgehead atoms. The van der Waals surface area contributed by atoms with Crippen molar-refractivity contribution < 1.29 is 40.7 Å². The van der Waals surface area contributed by atoms with E-state index in [4.69, 9.17) is 0 Å². The van der Waals surface area contributed by atoms with E-state index in [-0.39, 0.29) is 0 Å². The van der Waals surface area contributed by atoms with Gasteiger partial charge in [-0.15, -0.1) is 0 Å². The van der Waals surface area contributed by atoms with Crippen LogP contribution >= 0.6 is 0 Å². The first-order valence-electron chi connectivity index (χ1n) is 6.77. The minimum atomic E-state index is -6.16. The Balaban J connectivity index is 3.64. The van der Waals surface area contributed by atoms with Crippen LogP contribution in [0.2, 0.25) is 0 Å². The van der Waals surface area contributed by atoms with Gasteiger partial charge < -0.3 is 5.32 Å². The molecule has 0 radical (unpaired) electrons. The van der Waals surface area contributed by atoms with Crippen LogP contribution in [0.15, 0.2) is 30.3 Å². The summed E-state index contributed by atoms with van der Waals surface area (Å²) in [6.45, 7) is 0.847. The second-order valence-corrected chi connectivity index (χ2v) is 5.28. The van der Waals surface area contributed by atoms with Gasteiger partial charge in [0.25, 0.3) is 5.91 Å². The Labute approximate surface area is 138 Å². The zero-order valence-electron chi connectivity index (χ0n) is 13.0. The van der Waals surface area contributed by atoms with Crippen LogP contribution in [0.4, 0.5) is 26.3 Å². The molecule has 0 aliphatic rings. The van der Waals surface area contributed by atoms with Crippen LogP contribution in [-0.2, 0) is 9.59 Å². The number of rotatable bonds is 5. The number of hydrogen-bond donors (Lipinski definition) is 1. The first-order valence-corrected chi connectivity index (χ1v) is 6.77. The summed E-state index contributed by atoms with van der Waals surface area (Å²) >= 11 is 0. The van der Waals surface area contributed by atoms with Gasteiger partial charge in [-0.3, -0.25) is 14.4 Å². The third-order valence-electron chi connectivity index (χ3n) is 3.49. The van der Waals surface area contributed by atoms with Crippen molar-refractivity contribution in [3.8, 4) is 0 Å². The third-order valence-corrected chi connectivity index (χ3v) is 3.49. The molecule has 0 atom stereocenters. The fraction of sp³-hybridized carbons (Fsp3) is 0.400. The Hall–Kier alpha value is -2.39. The van der Waals surface area contributed by atoms with Gasteiger partial charge in [0.15, 0.2) is 0 Å². The molecule has 0 heterocycles. The molecule has 0 saturated heterocycles. The van der Waals surface area contributed by atoms with Crippen LogP contribution in [0.1, 0.15) is 24.2 Å². The lowest BCUT2D eigenvalue weighted by atomic mass is 9.77. The molecule has 0 aliphatic carbocycles. The monoisotopic (exact) mass is 369 g/mol. The summed E-state index contributed by atoms with van der Waals surface area (Å²) in [6, 6.07) is 5.83. The fourth-order valence-corrected chi connectivity index (χ4v) is 2.44. The molecule has 1 aromatic carbocycles. The molecule has 0 aromatic heterocycles. The molecule has 4 nitrogen and oxygen atoms in total. The topological polar surface area (TPSA) is 63.2 Å². The molecule has 0 spiro atoms. The minimum absolute atomic E-state index is 0.424. The number of benzene rings is 1. The summed E-state index contributed by atoms with van der Waals surface area (Å²) in [5, 5.41) is 0.859. The Morgan fingerprint density at radius 3 is 1.56 bits per heavy atom. The summed E-state index contributed by atoms with van der Waals surface area (Å²) in [5.74, 6) is -8.23. The largest absolute Gasteiger partial charge is 0.421 e. The van der Waals surface area contributed by atoms with Crippen molar-refractivity contribution >= 4 is 17.5 Å². The molecule has 1 aromatic rings. The number of ketones is 2. The standard InChI is InChI=1S/C15H13F6NO3/c1-8(23)11(9(2)24)13(14(16,17)18,15(19,20)21)22-12(25)10-6-4-3-5-7-10/h3-7,11H,1-2H3,(H,22,25). The van der Waals surface area contributed by atoms with E-state index < -0.39 is 46.8 Å². The SMILES string of the molecule is CC(=O)C(C(C)=O)C(NC(=O)c1ccccc1)(C(F)(F)F)C(F)(F)F. The summed E-state index contributed by atoms with van der Waals surface area (Å²) in [4.78, 5) is 34.9. The Bertz CT molecular complexity index is 638. The van der Waals surface area contributed by atoms with Crippen molar-refractivity contribution in [2.45, 2.75) is 31.7 Å². The van der Waals surface area contributed by atoms with Gasteiger partial charge in [-0.1, -0.05) is 18.2 Å². The van der Waals surface area contributed by atoms with Gasteiger partial charge in [-0.2, -0.15) is 26.3 Å². The average Bonchev–Trinajstić information content (AvgIpc) is 2.44. The molecule has 1 amide bonds. The minimum Gasteiger partial charge on any atom is -0.329 e. The maximum Gasteiger partial charge on any atom is 0.421 e. The van der Waals surface area contributed by atoms with E-state index in [1.54, 1.807) is 0 Å². The van der Waals surface area contributed by atoms with Crippen molar-refractivity contribution in [1.29, 1.82) is 0 Å². The number of halogens is 6. The van der Waals surface area contributed by atoms with E-state index >= 15 is 0 Å². The Morgan fingerprint density at radius 1 is 0.840 bits per heavy atom. The molecule has 0 aliphatic heterocycles. The fourth-order valence-electron chi connectivity index (χ4n) is 2.44. The zero-order chi connectivity index (χ0) is 19.6. The normalized spacial score (nSPS) is 12.8. The predicted molar refractivity (Wildman–Crippen MR) is 73.6 cm³/mol. The van der Waals surface area contributed by atoms with Crippen LogP contribution in [0, 0.1) is 5.92 Å². The second-order valence-electron chi connectivity index (χ2n) is 5.28. The maximum absolute atomic E-state index is 13.5.